The van der Waals surface area contributed by atoms with E-state index in [2.05, 4.69) is 36.2 Å². The van der Waals surface area contributed by atoms with Crippen LogP contribution < -0.4 is 10.1 Å². The molecule has 148 valence electrons. The van der Waals surface area contributed by atoms with E-state index in [1.54, 1.807) is 0 Å². The Morgan fingerprint density at radius 1 is 1.04 bits per heavy atom. The van der Waals surface area contributed by atoms with E-state index in [1.165, 1.54) is 5.56 Å². The van der Waals surface area contributed by atoms with Gasteiger partial charge < -0.3 is 20.1 Å². The Labute approximate surface area is 164 Å². The molecule has 0 heterocycles. The van der Waals surface area contributed by atoms with Crippen molar-refractivity contribution in [2.24, 2.45) is 0 Å². The zero-order valence-electron chi connectivity index (χ0n) is 17.1. The van der Waals surface area contributed by atoms with Crippen LogP contribution in [0.15, 0.2) is 54.6 Å². The monoisotopic (exact) mass is 370 g/mol. The van der Waals surface area contributed by atoms with E-state index in [4.69, 9.17) is 4.74 Å². The summed E-state index contributed by atoms with van der Waals surface area (Å²) in [5.41, 5.74) is 2.20. The number of nitrogens with one attached hydrogen (secondary N) is 1. The van der Waals surface area contributed by atoms with Crippen molar-refractivity contribution in [3.63, 3.8) is 0 Å². The summed E-state index contributed by atoms with van der Waals surface area (Å²) in [4.78, 5) is 2.11. The predicted molar refractivity (Wildman–Crippen MR) is 112 cm³/mol. The second-order valence-electron chi connectivity index (χ2n) is 7.99. The van der Waals surface area contributed by atoms with Gasteiger partial charge in [0.1, 0.15) is 12.4 Å². The molecule has 1 unspecified atom stereocenters. The fraction of sp³-hybridized carbons (Fsp3) is 0.478. The van der Waals surface area contributed by atoms with Gasteiger partial charge in [-0.2, -0.15) is 0 Å². The first-order valence-corrected chi connectivity index (χ1v) is 9.70. The zero-order chi connectivity index (χ0) is 19.7. The van der Waals surface area contributed by atoms with Gasteiger partial charge in [-0.3, -0.25) is 0 Å². The minimum Gasteiger partial charge on any atom is -0.492 e. The molecular formula is C23H34N2O2. The molecule has 0 saturated carbocycles. The molecule has 4 heteroatoms. The lowest BCUT2D eigenvalue weighted by Gasteiger charge is -2.28. The van der Waals surface area contributed by atoms with Gasteiger partial charge in [-0.15, -0.1) is 0 Å². The quantitative estimate of drug-likeness (QED) is 0.634. The molecule has 0 saturated heterocycles. The number of benzene rings is 2. The number of likely N-dealkylation sites (N-methyl/N-ethyl adjacent to an activating group) is 1. The largest absolute Gasteiger partial charge is 0.492 e. The molecule has 0 spiro atoms. The Kier molecular flexibility index (Phi) is 8.29. The summed E-state index contributed by atoms with van der Waals surface area (Å²) in [5.74, 6) is 0.920. The van der Waals surface area contributed by atoms with E-state index in [1.807, 2.05) is 56.6 Å². The highest BCUT2D eigenvalue weighted by atomic mass is 16.5. The summed E-state index contributed by atoms with van der Waals surface area (Å²) in [7, 11) is 4.09. The lowest BCUT2D eigenvalue weighted by atomic mass is 9.94. The van der Waals surface area contributed by atoms with Crippen molar-refractivity contribution < 1.29 is 9.84 Å². The Morgan fingerprint density at radius 2 is 1.70 bits per heavy atom. The minimum atomic E-state index is -0.482. The number of hydrogen-bond donors (Lipinski definition) is 2. The third-order valence-electron chi connectivity index (χ3n) is 4.73. The van der Waals surface area contributed by atoms with Gasteiger partial charge in [0.15, 0.2) is 0 Å². The molecule has 0 fully saturated rings. The molecule has 0 aromatic heterocycles. The van der Waals surface area contributed by atoms with Crippen LogP contribution in [0, 0.1) is 0 Å². The molecule has 2 aromatic carbocycles. The Morgan fingerprint density at radius 3 is 2.33 bits per heavy atom. The van der Waals surface area contributed by atoms with Crippen molar-refractivity contribution in [3.05, 3.63) is 65.7 Å². The van der Waals surface area contributed by atoms with E-state index in [9.17, 15) is 5.11 Å². The molecule has 0 radical (unpaired) electrons. The number of rotatable bonds is 11. The second-order valence-corrected chi connectivity index (χ2v) is 7.99. The van der Waals surface area contributed by atoms with E-state index in [-0.39, 0.29) is 5.54 Å². The zero-order valence-corrected chi connectivity index (χ0v) is 17.1. The van der Waals surface area contributed by atoms with E-state index in [0.717, 1.165) is 30.7 Å². The number of ether oxygens (including phenoxy) is 1. The van der Waals surface area contributed by atoms with Crippen molar-refractivity contribution in [1.29, 1.82) is 0 Å². The summed E-state index contributed by atoms with van der Waals surface area (Å²) in [6, 6.07) is 18.2. The van der Waals surface area contributed by atoms with Gasteiger partial charge in [0.05, 0.1) is 6.10 Å². The highest BCUT2D eigenvalue weighted by Crippen LogP contribution is 2.18. The Balaban J connectivity index is 1.75. The molecule has 4 nitrogen and oxygen atoms in total. The molecule has 27 heavy (non-hydrogen) atoms. The molecule has 2 rings (SSSR count). The van der Waals surface area contributed by atoms with Crippen LogP contribution in [-0.2, 0) is 6.42 Å². The summed E-state index contributed by atoms with van der Waals surface area (Å²) in [5, 5.41) is 13.8. The van der Waals surface area contributed by atoms with Gasteiger partial charge in [0.2, 0.25) is 0 Å². The molecule has 0 aliphatic carbocycles. The van der Waals surface area contributed by atoms with Crippen LogP contribution in [0.2, 0.25) is 0 Å². The van der Waals surface area contributed by atoms with Gasteiger partial charge in [0, 0.05) is 18.6 Å². The van der Waals surface area contributed by atoms with Crippen LogP contribution >= 0.6 is 0 Å². The lowest BCUT2D eigenvalue weighted by Crippen LogP contribution is -2.41. The summed E-state index contributed by atoms with van der Waals surface area (Å²) >= 11 is 0. The summed E-state index contributed by atoms with van der Waals surface area (Å²) in [6.07, 6.45) is 1.50. The molecular weight excluding hydrogens is 336 g/mol. The smallest absolute Gasteiger partial charge is 0.119 e. The Bertz CT molecular complexity index is 654. The molecule has 0 bridgehead atoms. The first-order chi connectivity index (χ1) is 12.9. The fourth-order valence-electron chi connectivity index (χ4n) is 2.81. The van der Waals surface area contributed by atoms with Crippen molar-refractivity contribution >= 4 is 0 Å². The van der Waals surface area contributed by atoms with Gasteiger partial charge in [-0.1, -0.05) is 42.5 Å². The van der Waals surface area contributed by atoms with E-state index >= 15 is 0 Å². The van der Waals surface area contributed by atoms with Crippen LogP contribution in [0.1, 0.15) is 37.5 Å². The number of aliphatic hydroxyl groups excluding tert-OH is 1. The molecule has 1 atom stereocenters. The highest BCUT2D eigenvalue weighted by molar-refractivity contribution is 5.27. The van der Waals surface area contributed by atoms with Crippen molar-refractivity contribution in [3.8, 4) is 5.75 Å². The number of aryl methyl sites for hydroxylation is 1. The SMILES string of the molecule is CN(C)CCOc1ccc(CCC(C)(C)NCC(O)c2ccccc2)cc1. The standard InChI is InChI=1S/C23H34N2O2/c1-23(2,24-18-22(26)20-8-6-5-7-9-20)15-14-19-10-12-21(13-11-19)27-17-16-25(3)4/h5-13,22,24,26H,14-18H2,1-4H3. The molecule has 0 aliphatic heterocycles. The fourth-order valence-corrected chi connectivity index (χ4v) is 2.81. The number of β-amino-alcohol motifs (C(OH)–C–C–N with tert-alkyl or cyclic N) is 1. The van der Waals surface area contributed by atoms with E-state index in [0.29, 0.717) is 13.2 Å². The number of hydrogen-bond acceptors (Lipinski definition) is 4. The molecule has 2 aromatic rings. The molecule has 2 N–H and O–H groups in total. The minimum absolute atomic E-state index is 0.0450. The maximum absolute atomic E-state index is 10.3. The Hall–Kier alpha value is -1.88. The topological polar surface area (TPSA) is 44.7 Å². The van der Waals surface area contributed by atoms with Crippen molar-refractivity contribution in [2.45, 2.75) is 38.3 Å². The maximum atomic E-state index is 10.3. The summed E-state index contributed by atoms with van der Waals surface area (Å²) in [6.45, 7) is 6.53. The molecule has 0 aliphatic rings. The number of nitrogens with zero attached hydrogens (tertiary/aromatic N) is 1. The first kappa shape index (κ1) is 21.4. The van der Waals surface area contributed by atoms with Gasteiger partial charge in [0.25, 0.3) is 0 Å². The maximum Gasteiger partial charge on any atom is 0.119 e. The first-order valence-electron chi connectivity index (χ1n) is 9.70. The van der Waals surface area contributed by atoms with Gasteiger partial charge in [-0.05, 0) is 64.0 Å². The van der Waals surface area contributed by atoms with Gasteiger partial charge in [-0.25, -0.2) is 0 Å². The average Bonchev–Trinajstić information content (AvgIpc) is 2.66. The van der Waals surface area contributed by atoms with Crippen LogP contribution in [0.25, 0.3) is 0 Å². The third kappa shape index (κ3) is 8.12. The van der Waals surface area contributed by atoms with Gasteiger partial charge >= 0.3 is 0 Å². The predicted octanol–water partition coefficient (Wildman–Crippen LogP) is 3.66. The average molecular weight is 371 g/mol. The van der Waals surface area contributed by atoms with Crippen LogP contribution in [0.5, 0.6) is 5.75 Å². The number of aliphatic hydroxyl groups is 1. The summed E-state index contributed by atoms with van der Waals surface area (Å²) < 4.78 is 5.74. The molecule has 0 amide bonds. The van der Waals surface area contributed by atoms with Crippen molar-refractivity contribution in [2.75, 3.05) is 33.8 Å². The van der Waals surface area contributed by atoms with Crippen LogP contribution in [-0.4, -0.2) is 49.3 Å². The third-order valence-corrected chi connectivity index (χ3v) is 4.73. The van der Waals surface area contributed by atoms with Crippen LogP contribution in [0.3, 0.4) is 0 Å². The van der Waals surface area contributed by atoms with E-state index < -0.39 is 6.10 Å². The van der Waals surface area contributed by atoms with Crippen molar-refractivity contribution in [1.82, 2.24) is 10.2 Å². The second kappa shape index (κ2) is 10.5. The highest BCUT2D eigenvalue weighted by Gasteiger charge is 2.19. The van der Waals surface area contributed by atoms with Crippen LogP contribution in [0.4, 0.5) is 0 Å². The normalized spacial score (nSPS) is 13.0. The lowest BCUT2D eigenvalue weighted by molar-refractivity contribution is 0.159.